The summed E-state index contributed by atoms with van der Waals surface area (Å²) in [5, 5.41) is 2.41. The van der Waals surface area contributed by atoms with Crippen molar-refractivity contribution in [1.29, 1.82) is 0 Å². The number of nitrogens with one attached hydrogen (secondary N) is 1. The Morgan fingerprint density at radius 3 is 2.54 bits per heavy atom. The largest absolute Gasteiger partial charge is 0.480 e. The Morgan fingerprint density at radius 2 is 1.86 bits per heavy atom. The molecule has 5 rings (SSSR count). The molecule has 0 saturated carbocycles. The Labute approximate surface area is 217 Å². The smallest absolute Gasteiger partial charge is 0.255 e. The molecule has 1 aromatic heterocycles. The van der Waals surface area contributed by atoms with Gasteiger partial charge in [0.2, 0.25) is 27.7 Å². The van der Waals surface area contributed by atoms with E-state index in [0.717, 1.165) is 0 Å². The second-order valence-corrected chi connectivity index (χ2v) is 11.6. The zero-order chi connectivity index (χ0) is 26.5. The number of hydrogen-bond donors (Lipinski definition) is 1. The molecule has 2 aromatic rings. The fourth-order valence-corrected chi connectivity index (χ4v) is 7.04. The number of carbonyl (C=O) groups is 3. The standard InChI is InChI=1S/C24H24ClFN4O6S/c1-36-23-20(9-15(25)11-27-23)37(34,35)29-6-4-13(5-7-29)16-8-14-12-30(24(33)17(14)10-18(16)26)19-2-3-21(31)28-22(19)32/h8-11,13,19H,2-7,12H2,1H3,(H,28,31,32). The maximum absolute atomic E-state index is 15.2. The van der Waals surface area contributed by atoms with Crippen LogP contribution in [0.25, 0.3) is 0 Å². The average molecular weight is 551 g/mol. The molecule has 0 bridgehead atoms. The van der Waals surface area contributed by atoms with Crippen LogP contribution >= 0.6 is 11.6 Å². The summed E-state index contributed by atoms with van der Waals surface area (Å²) < 4.78 is 48.0. The number of amides is 3. The quantitative estimate of drug-likeness (QED) is 0.566. The van der Waals surface area contributed by atoms with Gasteiger partial charge in [0.05, 0.1) is 12.1 Å². The van der Waals surface area contributed by atoms with Gasteiger partial charge in [-0.25, -0.2) is 17.8 Å². The molecule has 4 heterocycles. The summed E-state index contributed by atoms with van der Waals surface area (Å²) in [7, 11) is -2.61. The minimum absolute atomic E-state index is 0.0542. The zero-order valence-corrected chi connectivity index (χ0v) is 21.4. The Hall–Kier alpha value is -3.09. The summed E-state index contributed by atoms with van der Waals surface area (Å²) in [5.41, 5.74) is 1.22. The molecule has 10 nitrogen and oxygen atoms in total. The number of aromatic nitrogens is 1. The third kappa shape index (κ3) is 4.57. The molecule has 37 heavy (non-hydrogen) atoms. The summed E-state index contributed by atoms with van der Waals surface area (Å²) in [6.07, 6.45) is 2.40. The third-order valence-electron chi connectivity index (χ3n) is 7.13. The number of methoxy groups -OCH3 is 1. The third-order valence-corrected chi connectivity index (χ3v) is 9.23. The molecule has 0 radical (unpaired) electrons. The van der Waals surface area contributed by atoms with Gasteiger partial charge in [0.25, 0.3) is 5.91 Å². The first-order valence-corrected chi connectivity index (χ1v) is 13.6. The molecule has 1 aromatic carbocycles. The number of piperidine rings is 2. The van der Waals surface area contributed by atoms with Gasteiger partial charge in [-0.15, -0.1) is 0 Å². The van der Waals surface area contributed by atoms with Crippen LogP contribution in [0.3, 0.4) is 0 Å². The molecular formula is C24H24ClFN4O6S. The van der Waals surface area contributed by atoms with Crippen LogP contribution in [0.5, 0.6) is 5.88 Å². The first-order chi connectivity index (χ1) is 17.6. The topological polar surface area (TPSA) is 126 Å². The van der Waals surface area contributed by atoms with Crippen molar-refractivity contribution < 1.29 is 31.9 Å². The second kappa shape index (κ2) is 9.66. The number of hydrogen-bond acceptors (Lipinski definition) is 7. The van der Waals surface area contributed by atoms with E-state index in [9.17, 15) is 22.8 Å². The Morgan fingerprint density at radius 1 is 1.14 bits per heavy atom. The first kappa shape index (κ1) is 25.6. The van der Waals surface area contributed by atoms with E-state index in [-0.39, 0.29) is 65.7 Å². The molecule has 3 aliphatic rings. The number of ether oxygens (including phenoxy) is 1. The number of benzene rings is 1. The SMILES string of the molecule is COc1ncc(Cl)cc1S(=O)(=O)N1CCC(c2cc3c(cc2F)C(=O)N(C2CCC(=O)NC2=O)C3)CC1. The first-order valence-electron chi connectivity index (χ1n) is 11.8. The summed E-state index contributed by atoms with van der Waals surface area (Å²) in [5.74, 6) is -2.20. The molecule has 1 atom stereocenters. The van der Waals surface area contributed by atoms with Gasteiger partial charge >= 0.3 is 0 Å². The maximum Gasteiger partial charge on any atom is 0.255 e. The lowest BCUT2D eigenvalue weighted by molar-refractivity contribution is -0.136. The van der Waals surface area contributed by atoms with E-state index in [4.69, 9.17) is 16.3 Å². The number of halogens is 2. The highest BCUT2D eigenvalue weighted by Crippen LogP contribution is 2.37. The number of nitrogens with zero attached hydrogens (tertiary/aromatic N) is 3. The van der Waals surface area contributed by atoms with Crippen LogP contribution in [-0.4, -0.2) is 66.6 Å². The van der Waals surface area contributed by atoms with Gasteiger partial charge in [-0.05, 0) is 48.4 Å². The molecule has 3 amide bonds. The van der Waals surface area contributed by atoms with Gasteiger partial charge in [0, 0.05) is 37.8 Å². The van der Waals surface area contributed by atoms with Gasteiger partial charge in [0.15, 0.2) is 0 Å². The fraction of sp³-hybridized carbons (Fsp3) is 0.417. The highest BCUT2D eigenvalue weighted by Gasteiger charge is 2.40. The molecule has 1 N–H and O–H groups in total. The van der Waals surface area contributed by atoms with E-state index in [0.29, 0.717) is 24.0 Å². The monoisotopic (exact) mass is 550 g/mol. The van der Waals surface area contributed by atoms with Crippen molar-refractivity contribution in [3.05, 3.63) is 51.9 Å². The number of sulfonamides is 1. The Kier molecular flexibility index (Phi) is 6.67. The van der Waals surface area contributed by atoms with Crippen LogP contribution < -0.4 is 10.1 Å². The lowest BCUT2D eigenvalue weighted by Gasteiger charge is -2.32. The predicted octanol–water partition coefficient (Wildman–Crippen LogP) is 2.21. The van der Waals surface area contributed by atoms with Gasteiger partial charge in [0.1, 0.15) is 16.8 Å². The van der Waals surface area contributed by atoms with Gasteiger partial charge < -0.3 is 9.64 Å². The van der Waals surface area contributed by atoms with E-state index < -0.39 is 33.7 Å². The summed E-state index contributed by atoms with van der Waals surface area (Å²) >= 11 is 5.96. The van der Waals surface area contributed by atoms with Crippen molar-refractivity contribution in [2.45, 2.75) is 49.1 Å². The van der Waals surface area contributed by atoms with Crippen molar-refractivity contribution in [3.8, 4) is 5.88 Å². The van der Waals surface area contributed by atoms with E-state index in [2.05, 4.69) is 10.3 Å². The number of pyridine rings is 1. The van der Waals surface area contributed by atoms with E-state index in [1.165, 1.54) is 34.6 Å². The molecule has 3 aliphatic heterocycles. The number of rotatable bonds is 5. The lowest BCUT2D eigenvalue weighted by Crippen LogP contribution is -2.52. The minimum Gasteiger partial charge on any atom is -0.480 e. The maximum atomic E-state index is 15.2. The van der Waals surface area contributed by atoms with Crippen LogP contribution in [0.15, 0.2) is 29.3 Å². The fourth-order valence-electron chi connectivity index (χ4n) is 5.21. The molecule has 1 unspecified atom stereocenters. The van der Waals surface area contributed by atoms with Gasteiger partial charge in [-0.1, -0.05) is 17.7 Å². The van der Waals surface area contributed by atoms with Gasteiger partial charge in [-0.3, -0.25) is 19.7 Å². The summed E-state index contributed by atoms with van der Waals surface area (Å²) in [4.78, 5) is 41.8. The van der Waals surface area contributed by atoms with Crippen LogP contribution in [0.2, 0.25) is 5.02 Å². The molecular weight excluding hydrogens is 527 g/mol. The lowest BCUT2D eigenvalue weighted by atomic mass is 9.88. The van der Waals surface area contributed by atoms with Crippen LogP contribution in [0.4, 0.5) is 4.39 Å². The Bertz CT molecular complexity index is 1410. The molecule has 2 fully saturated rings. The molecule has 196 valence electrons. The normalized spacial score (nSPS) is 21.2. The Balaban J connectivity index is 1.32. The van der Waals surface area contributed by atoms with E-state index >= 15 is 4.39 Å². The average Bonchev–Trinajstić information content (AvgIpc) is 3.18. The highest BCUT2D eigenvalue weighted by atomic mass is 35.5. The molecule has 0 spiro atoms. The minimum atomic E-state index is -3.93. The zero-order valence-electron chi connectivity index (χ0n) is 19.9. The number of carbonyl (C=O) groups excluding carboxylic acids is 3. The number of imide groups is 1. The van der Waals surface area contributed by atoms with Crippen LogP contribution in [0.1, 0.15) is 53.1 Å². The van der Waals surface area contributed by atoms with Crippen molar-refractivity contribution in [2.24, 2.45) is 0 Å². The van der Waals surface area contributed by atoms with E-state index in [1.54, 1.807) is 6.07 Å². The van der Waals surface area contributed by atoms with Crippen molar-refractivity contribution in [1.82, 2.24) is 19.5 Å². The highest BCUT2D eigenvalue weighted by molar-refractivity contribution is 7.89. The summed E-state index contributed by atoms with van der Waals surface area (Å²) in [6.45, 7) is 0.448. The summed E-state index contributed by atoms with van der Waals surface area (Å²) in [6, 6.07) is 3.35. The predicted molar refractivity (Wildman–Crippen MR) is 129 cm³/mol. The van der Waals surface area contributed by atoms with E-state index in [1.807, 2.05) is 0 Å². The van der Waals surface area contributed by atoms with Crippen molar-refractivity contribution in [3.63, 3.8) is 0 Å². The number of fused-ring (bicyclic) bond motifs is 1. The molecule has 13 heteroatoms. The van der Waals surface area contributed by atoms with Crippen molar-refractivity contribution in [2.75, 3.05) is 20.2 Å². The molecule has 0 aliphatic carbocycles. The van der Waals surface area contributed by atoms with Crippen LogP contribution in [0, 0.1) is 5.82 Å². The van der Waals surface area contributed by atoms with Gasteiger partial charge in [-0.2, -0.15) is 4.31 Å². The molecule has 2 saturated heterocycles. The van der Waals surface area contributed by atoms with Crippen LogP contribution in [-0.2, 0) is 26.2 Å². The second-order valence-electron chi connectivity index (χ2n) is 9.27. The van der Waals surface area contributed by atoms with Crippen molar-refractivity contribution >= 4 is 39.3 Å².